The fourth-order valence-electron chi connectivity index (χ4n) is 2.41. The highest BCUT2D eigenvalue weighted by Crippen LogP contribution is 2.30. The summed E-state index contributed by atoms with van der Waals surface area (Å²) in [6.07, 6.45) is 0. The van der Waals surface area contributed by atoms with E-state index in [1.165, 1.54) is 6.07 Å². The Balaban J connectivity index is 2.17. The van der Waals surface area contributed by atoms with Gasteiger partial charge in [-0.25, -0.2) is 9.37 Å². The molecule has 1 heterocycles. The maximum atomic E-state index is 13.8. The number of hydrogen-bond acceptors (Lipinski definition) is 2. The lowest BCUT2D eigenvalue weighted by molar-refractivity contribution is 0.619. The number of aromatic nitrogens is 2. The predicted molar refractivity (Wildman–Crippen MR) is 87.1 cm³/mol. The van der Waals surface area contributed by atoms with E-state index in [1.54, 1.807) is 6.07 Å². The Labute approximate surface area is 134 Å². The second kappa shape index (κ2) is 5.31. The molecule has 2 aromatic carbocycles. The Hall–Kier alpha value is -1.59. The normalized spacial score (nSPS) is 12.8. The molecule has 1 atom stereocenters. The molecule has 21 heavy (non-hydrogen) atoms. The van der Waals surface area contributed by atoms with Gasteiger partial charge in [-0.05, 0) is 46.6 Å². The largest absolute Gasteiger partial charge is 0.369 e. The molecular formula is C15H12BrClFN3. The van der Waals surface area contributed by atoms with Crippen molar-refractivity contribution in [1.82, 2.24) is 9.55 Å². The van der Waals surface area contributed by atoms with Crippen LogP contribution in [0.4, 0.5) is 10.3 Å². The Bertz CT molecular complexity index is 814. The Kier molecular flexibility index (Phi) is 3.63. The van der Waals surface area contributed by atoms with Gasteiger partial charge in [0.25, 0.3) is 0 Å². The summed E-state index contributed by atoms with van der Waals surface area (Å²) in [5, 5.41) is 0.671. The molecule has 0 aliphatic rings. The summed E-state index contributed by atoms with van der Waals surface area (Å²) in [5.41, 5.74) is 8.35. The van der Waals surface area contributed by atoms with Crippen LogP contribution in [-0.2, 0) is 0 Å². The highest BCUT2D eigenvalue weighted by atomic mass is 79.9. The summed E-state index contributed by atoms with van der Waals surface area (Å²) in [7, 11) is 0. The van der Waals surface area contributed by atoms with E-state index in [-0.39, 0.29) is 11.9 Å². The fourth-order valence-corrected chi connectivity index (χ4v) is 2.86. The SMILES string of the molecule is CC(c1ccc(Cl)cc1)n1c(N)nc2cc(Br)c(F)cc21. The lowest BCUT2D eigenvalue weighted by Gasteiger charge is -2.16. The molecule has 0 fully saturated rings. The molecule has 3 nitrogen and oxygen atoms in total. The number of nitrogen functional groups attached to an aromatic ring is 1. The first-order valence-corrected chi connectivity index (χ1v) is 7.52. The number of imidazole rings is 1. The van der Waals surface area contributed by atoms with Crippen LogP contribution in [0.25, 0.3) is 11.0 Å². The van der Waals surface area contributed by atoms with Gasteiger partial charge in [-0.15, -0.1) is 0 Å². The average Bonchev–Trinajstić information content (AvgIpc) is 2.75. The number of nitrogens with two attached hydrogens (primary N) is 1. The zero-order valence-electron chi connectivity index (χ0n) is 11.1. The highest BCUT2D eigenvalue weighted by Gasteiger charge is 2.17. The van der Waals surface area contributed by atoms with Crippen LogP contribution in [0, 0.1) is 5.82 Å². The number of benzene rings is 2. The third kappa shape index (κ3) is 2.51. The van der Waals surface area contributed by atoms with Crippen molar-refractivity contribution in [2.45, 2.75) is 13.0 Å². The van der Waals surface area contributed by atoms with Gasteiger partial charge in [-0.3, -0.25) is 0 Å². The molecular weight excluding hydrogens is 357 g/mol. The fraction of sp³-hybridized carbons (Fsp3) is 0.133. The molecule has 0 amide bonds. The summed E-state index contributed by atoms with van der Waals surface area (Å²) in [6, 6.07) is 10.5. The lowest BCUT2D eigenvalue weighted by atomic mass is 10.1. The van der Waals surface area contributed by atoms with Crippen molar-refractivity contribution in [3.8, 4) is 0 Å². The molecule has 0 saturated heterocycles. The van der Waals surface area contributed by atoms with E-state index in [0.29, 0.717) is 26.5 Å². The second-order valence-corrected chi connectivity index (χ2v) is 6.11. The van der Waals surface area contributed by atoms with Crippen molar-refractivity contribution in [3.63, 3.8) is 0 Å². The molecule has 0 bridgehead atoms. The molecule has 0 aliphatic heterocycles. The standard InChI is InChI=1S/C15H12BrClFN3/c1-8(9-2-4-10(17)5-3-9)21-14-7-12(18)11(16)6-13(14)20-15(21)19/h2-8H,1H3,(H2,19,20). The average molecular weight is 369 g/mol. The van der Waals surface area contributed by atoms with E-state index in [1.807, 2.05) is 35.8 Å². The van der Waals surface area contributed by atoms with E-state index in [4.69, 9.17) is 17.3 Å². The summed E-state index contributed by atoms with van der Waals surface area (Å²) >= 11 is 9.07. The van der Waals surface area contributed by atoms with Gasteiger partial charge in [0.2, 0.25) is 5.95 Å². The highest BCUT2D eigenvalue weighted by molar-refractivity contribution is 9.10. The van der Waals surface area contributed by atoms with Gasteiger partial charge in [0.1, 0.15) is 5.82 Å². The van der Waals surface area contributed by atoms with Crippen LogP contribution in [0.5, 0.6) is 0 Å². The molecule has 0 aliphatic carbocycles. The molecule has 0 spiro atoms. The second-order valence-electron chi connectivity index (χ2n) is 4.82. The van der Waals surface area contributed by atoms with Crippen LogP contribution in [0.1, 0.15) is 18.5 Å². The molecule has 1 unspecified atom stereocenters. The van der Waals surface area contributed by atoms with Gasteiger partial charge in [0, 0.05) is 11.1 Å². The molecule has 0 saturated carbocycles. The van der Waals surface area contributed by atoms with Crippen LogP contribution in [0.3, 0.4) is 0 Å². The lowest BCUT2D eigenvalue weighted by Crippen LogP contribution is -2.10. The minimum atomic E-state index is -0.341. The number of rotatable bonds is 2. The number of halogens is 3. The van der Waals surface area contributed by atoms with Crippen LogP contribution >= 0.6 is 27.5 Å². The Morgan fingerprint density at radius 3 is 2.62 bits per heavy atom. The van der Waals surface area contributed by atoms with Crippen LogP contribution < -0.4 is 5.73 Å². The quantitative estimate of drug-likeness (QED) is 0.707. The number of nitrogens with zero attached hydrogens (tertiary/aromatic N) is 2. The first-order valence-electron chi connectivity index (χ1n) is 6.35. The third-order valence-corrected chi connectivity index (χ3v) is 4.36. The minimum absolute atomic E-state index is 0.0761. The molecule has 2 N–H and O–H groups in total. The zero-order valence-corrected chi connectivity index (χ0v) is 13.5. The van der Waals surface area contributed by atoms with Crippen molar-refractivity contribution < 1.29 is 4.39 Å². The van der Waals surface area contributed by atoms with Gasteiger partial charge in [-0.2, -0.15) is 0 Å². The van der Waals surface area contributed by atoms with Gasteiger partial charge in [0.15, 0.2) is 0 Å². The summed E-state index contributed by atoms with van der Waals surface area (Å²) < 4.78 is 16.0. The summed E-state index contributed by atoms with van der Waals surface area (Å²) in [5.74, 6) is 0.0110. The zero-order chi connectivity index (χ0) is 15.1. The van der Waals surface area contributed by atoms with Gasteiger partial charge >= 0.3 is 0 Å². The van der Waals surface area contributed by atoms with Crippen LogP contribution in [0.15, 0.2) is 40.9 Å². The molecule has 0 radical (unpaired) electrons. The van der Waals surface area contributed by atoms with E-state index >= 15 is 0 Å². The summed E-state index contributed by atoms with van der Waals surface area (Å²) in [4.78, 5) is 4.30. The smallest absolute Gasteiger partial charge is 0.201 e. The molecule has 1 aromatic heterocycles. The van der Waals surface area contributed by atoms with Gasteiger partial charge in [-0.1, -0.05) is 23.7 Å². The summed E-state index contributed by atoms with van der Waals surface area (Å²) in [6.45, 7) is 1.99. The molecule has 3 rings (SSSR count). The van der Waals surface area contributed by atoms with E-state index in [0.717, 1.165) is 5.56 Å². The van der Waals surface area contributed by atoms with Crippen LogP contribution in [-0.4, -0.2) is 9.55 Å². The minimum Gasteiger partial charge on any atom is -0.369 e. The molecule has 108 valence electrons. The van der Waals surface area contributed by atoms with Crippen molar-refractivity contribution >= 4 is 44.5 Å². The number of fused-ring (bicyclic) bond motifs is 1. The Morgan fingerprint density at radius 1 is 1.29 bits per heavy atom. The van der Waals surface area contributed by atoms with Crippen molar-refractivity contribution in [2.24, 2.45) is 0 Å². The maximum absolute atomic E-state index is 13.8. The first kappa shape index (κ1) is 14.4. The molecule has 6 heteroatoms. The first-order chi connectivity index (χ1) is 9.97. The van der Waals surface area contributed by atoms with Crippen molar-refractivity contribution in [1.29, 1.82) is 0 Å². The van der Waals surface area contributed by atoms with Crippen LogP contribution in [0.2, 0.25) is 5.02 Å². The maximum Gasteiger partial charge on any atom is 0.201 e. The van der Waals surface area contributed by atoms with E-state index in [9.17, 15) is 4.39 Å². The van der Waals surface area contributed by atoms with Crippen molar-refractivity contribution in [2.75, 3.05) is 5.73 Å². The van der Waals surface area contributed by atoms with Crippen molar-refractivity contribution in [3.05, 3.63) is 57.3 Å². The monoisotopic (exact) mass is 367 g/mol. The molecule has 3 aromatic rings. The number of hydrogen-bond donors (Lipinski definition) is 1. The third-order valence-electron chi connectivity index (χ3n) is 3.50. The van der Waals surface area contributed by atoms with E-state index in [2.05, 4.69) is 20.9 Å². The van der Waals surface area contributed by atoms with Gasteiger partial charge < -0.3 is 10.3 Å². The van der Waals surface area contributed by atoms with E-state index < -0.39 is 0 Å². The number of anilines is 1. The Morgan fingerprint density at radius 2 is 1.95 bits per heavy atom. The van der Waals surface area contributed by atoms with Gasteiger partial charge in [0.05, 0.1) is 21.5 Å². The topological polar surface area (TPSA) is 43.8 Å². The predicted octanol–water partition coefficient (Wildman–Crippen LogP) is 4.78.